The van der Waals surface area contributed by atoms with Crippen molar-refractivity contribution in [1.29, 1.82) is 10.5 Å². The molecule has 3 aromatic rings. The Hall–Kier alpha value is -3.87. The van der Waals surface area contributed by atoms with Crippen LogP contribution in [0.2, 0.25) is 0 Å². The van der Waals surface area contributed by atoms with Crippen LogP contribution in [0.5, 0.6) is 0 Å². The molecule has 0 bridgehead atoms. The molecule has 1 aliphatic heterocycles. The molecule has 4 rings (SSSR count). The van der Waals surface area contributed by atoms with Crippen molar-refractivity contribution in [2.75, 3.05) is 0 Å². The summed E-state index contributed by atoms with van der Waals surface area (Å²) >= 11 is 1.23. The van der Waals surface area contributed by atoms with E-state index in [9.17, 15) is 15.3 Å². The van der Waals surface area contributed by atoms with Crippen molar-refractivity contribution in [3.63, 3.8) is 0 Å². The van der Waals surface area contributed by atoms with E-state index < -0.39 is 5.92 Å². The molecule has 2 N–H and O–H groups in total. The van der Waals surface area contributed by atoms with Crippen LogP contribution in [0.1, 0.15) is 42.0 Å². The van der Waals surface area contributed by atoms with Crippen LogP contribution in [0.25, 0.3) is 17.5 Å². The first-order valence-electron chi connectivity index (χ1n) is 10.5. The van der Waals surface area contributed by atoms with Crippen LogP contribution in [0.3, 0.4) is 0 Å². The maximum atomic E-state index is 13.2. The number of allylic oxidation sites excluding steroid dienone is 1. The van der Waals surface area contributed by atoms with Crippen LogP contribution in [0, 0.1) is 22.7 Å². The molecule has 0 aliphatic carbocycles. The Morgan fingerprint density at radius 3 is 2.06 bits per heavy atom. The Labute approximate surface area is 190 Å². The lowest BCUT2D eigenvalue weighted by Gasteiger charge is -2.22. The Morgan fingerprint density at radius 1 is 0.969 bits per heavy atom. The normalized spacial score (nSPS) is 15.9. The van der Waals surface area contributed by atoms with Crippen molar-refractivity contribution in [2.45, 2.75) is 32.6 Å². The van der Waals surface area contributed by atoms with Crippen molar-refractivity contribution in [3.05, 3.63) is 95.9 Å². The number of nitriles is 2. The van der Waals surface area contributed by atoms with E-state index in [0.717, 1.165) is 29.5 Å². The van der Waals surface area contributed by atoms with Gasteiger partial charge in [0, 0.05) is 0 Å². The minimum Gasteiger partial charge on any atom is -0.384 e. The second-order valence-electron chi connectivity index (χ2n) is 7.62. The summed E-state index contributed by atoms with van der Waals surface area (Å²) in [6.07, 6.45) is 3.64. The van der Waals surface area contributed by atoms with E-state index >= 15 is 0 Å². The average molecular weight is 439 g/mol. The SMILES string of the molecule is CCc1ccc(/C=c2\sc3n(c2=O)C(N)=C(C#N)[C@@H](c2ccc(CC)cc2)C=3C#N)cc1. The standard InChI is InChI=1S/C26H22N4OS/c1-3-16-5-7-18(8-6-16)13-22-25(31)30-24(29)20(14-27)23(21(15-28)26(30)32-22)19-11-9-17(4-2)10-12-19/h5-13,23H,3-4,29H2,1-2H3/b22-13-/t23-/m1/s1. The third kappa shape index (κ3) is 3.56. The molecule has 2 aromatic carbocycles. The molecule has 1 aliphatic rings. The van der Waals surface area contributed by atoms with E-state index in [4.69, 9.17) is 5.73 Å². The summed E-state index contributed by atoms with van der Waals surface area (Å²) in [7, 11) is 0. The van der Waals surface area contributed by atoms with Gasteiger partial charge in [0.15, 0.2) is 0 Å². The van der Waals surface area contributed by atoms with Crippen LogP contribution < -0.4 is 20.5 Å². The number of hydrogen-bond acceptors (Lipinski definition) is 5. The summed E-state index contributed by atoms with van der Waals surface area (Å²) in [5, 5.41) is 19.9. The molecule has 158 valence electrons. The van der Waals surface area contributed by atoms with Crippen molar-refractivity contribution in [3.8, 4) is 12.1 Å². The average Bonchev–Trinajstić information content (AvgIpc) is 3.15. The largest absolute Gasteiger partial charge is 0.384 e. The molecule has 5 nitrogen and oxygen atoms in total. The molecule has 1 aromatic heterocycles. The van der Waals surface area contributed by atoms with E-state index in [1.807, 2.05) is 48.5 Å². The van der Waals surface area contributed by atoms with E-state index in [0.29, 0.717) is 14.8 Å². The van der Waals surface area contributed by atoms with Gasteiger partial charge in [0.1, 0.15) is 10.5 Å². The molecule has 0 amide bonds. The van der Waals surface area contributed by atoms with Gasteiger partial charge < -0.3 is 5.73 Å². The van der Waals surface area contributed by atoms with Gasteiger partial charge in [-0.25, -0.2) is 0 Å². The first kappa shape index (κ1) is 21.4. The van der Waals surface area contributed by atoms with Crippen LogP contribution in [0.4, 0.5) is 0 Å². The topological polar surface area (TPSA) is 95.6 Å². The Bertz CT molecular complexity index is 1470. The zero-order valence-electron chi connectivity index (χ0n) is 17.9. The number of nitrogens with two attached hydrogens (primary N) is 1. The van der Waals surface area contributed by atoms with Gasteiger partial charge in [0.2, 0.25) is 0 Å². The highest BCUT2D eigenvalue weighted by Gasteiger charge is 2.32. The summed E-state index contributed by atoms with van der Waals surface area (Å²) in [6.45, 7) is 4.16. The summed E-state index contributed by atoms with van der Waals surface area (Å²) < 4.78 is 2.26. The van der Waals surface area contributed by atoms with Crippen molar-refractivity contribution in [1.82, 2.24) is 4.57 Å². The lowest BCUT2D eigenvalue weighted by atomic mass is 9.84. The number of thiazole rings is 1. The highest BCUT2D eigenvalue weighted by atomic mass is 32.1. The van der Waals surface area contributed by atoms with Gasteiger partial charge in [0.05, 0.1) is 33.7 Å². The third-order valence-electron chi connectivity index (χ3n) is 5.80. The first-order valence-corrected chi connectivity index (χ1v) is 11.3. The fourth-order valence-corrected chi connectivity index (χ4v) is 5.06. The molecule has 0 spiro atoms. The number of nitrogens with zero attached hydrogens (tertiary/aromatic N) is 3. The fourth-order valence-electron chi connectivity index (χ4n) is 3.93. The lowest BCUT2D eigenvalue weighted by molar-refractivity contribution is 0.905. The lowest BCUT2D eigenvalue weighted by Crippen LogP contribution is -2.38. The zero-order valence-corrected chi connectivity index (χ0v) is 18.7. The number of fused-ring (bicyclic) bond motifs is 1. The molecule has 2 heterocycles. The molecule has 0 saturated heterocycles. The zero-order chi connectivity index (χ0) is 22.8. The number of benzene rings is 2. The minimum atomic E-state index is -0.592. The Kier molecular flexibility index (Phi) is 5.81. The van der Waals surface area contributed by atoms with E-state index in [1.165, 1.54) is 21.5 Å². The summed E-state index contributed by atoms with van der Waals surface area (Å²) in [4.78, 5) is 13.2. The predicted molar refractivity (Wildman–Crippen MR) is 128 cm³/mol. The van der Waals surface area contributed by atoms with Crippen LogP contribution >= 0.6 is 11.3 Å². The summed E-state index contributed by atoms with van der Waals surface area (Å²) in [6, 6.07) is 20.2. The number of aryl methyl sites for hydroxylation is 2. The maximum absolute atomic E-state index is 13.2. The number of hydrogen-bond donors (Lipinski definition) is 1. The van der Waals surface area contributed by atoms with Crippen LogP contribution in [0.15, 0.2) is 58.9 Å². The Morgan fingerprint density at radius 2 is 1.53 bits per heavy atom. The molecule has 1 atom stereocenters. The van der Waals surface area contributed by atoms with Crippen LogP contribution in [-0.4, -0.2) is 4.57 Å². The predicted octanol–water partition coefficient (Wildman–Crippen LogP) is 2.99. The Balaban J connectivity index is 1.97. The second kappa shape index (κ2) is 8.70. The van der Waals surface area contributed by atoms with E-state index in [-0.39, 0.29) is 17.0 Å². The van der Waals surface area contributed by atoms with Crippen molar-refractivity contribution < 1.29 is 0 Å². The fraction of sp³-hybridized carbons (Fsp3) is 0.192. The highest BCUT2D eigenvalue weighted by Crippen LogP contribution is 2.35. The summed E-state index contributed by atoms with van der Waals surface area (Å²) in [5.41, 5.74) is 10.7. The van der Waals surface area contributed by atoms with Gasteiger partial charge in [0.25, 0.3) is 5.56 Å². The summed E-state index contributed by atoms with van der Waals surface area (Å²) in [5.74, 6) is -0.501. The molecule has 32 heavy (non-hydrogen) atoms. The van der Waals surface area contributed by atoms with Crippen LogP contribution in [-0.2, 0) is 12.8 Å². The maximum Gasteiger partial charge on any atom is 0.274 e. The quantitative estimate of drug-likeness (QED) is 0.677. The minimum absolute atomic E-state index is 0.0910. The smallest absolute Gasteiger partial charge is 0.274 e. The van der Waals surface area contributed by atoms with Gasteiger partial charge in [-0.1, -0.05) is 62.4 Å². The van der Waals surface area contributed by atoms with E-state index in [1.54, 1.807) is 6.08 Å². The molecular weight excluding hydrogens is 416 g/mol. The van der Waals surface area contributed by atoms with Gasteiger partial charge in [-0.15, -0.1) is 11.3 Å². The van der Waals surface area contributed by atoms with Gasteiger partial charge in [-0.3, -0.25) is 9.36 Å². The molecule has 6 heteroatoms. The van der Waals surface area contributed by atoms with Crippen molar-refractivity contribution in [2.24, 2.45) is 5.73 Å². The molecule has 0 fully saturated rings. The highest BCUT2D eigenvalue weighted by molar-refractivity contribution is 7.07. The third-order valence-corrected chi connectivity index (χ3v) is 6.90. The monoisotopic (exact) mass is 438 g/mol. The molecule has 0 saturated carbocycles. The van der Waals surface area contributed by atoms with E-state index in [2.05, 4.69) is 26.0 Å². The van der Waals surface area contributed by atoms with Crippen molar-refractivity contribution >= 4 is 28.8 Å². The number of aromatic nitrogens is 1. The molecule has 0 radical (unpaired) electrons. The van der Waals surface area contributed by atoms with Gasteiger partial charge in [-0.2, -0.15) is 10.5 Å². The first-order chi connectivity index (χ1) is 15.5. The number of rotatable bonds is 4. The van der Waals surface area contributed by atoms with Gasteiger partial charge in [-0.05, 0) is 41.2 Å². The molecular formula is C26H22N4OS. The second-order valence-corrected chi connectivity index (χ2v) is 8.65. The van der Waals surface area contributed by atoms with Gasteiger partial charge >= 0.3 is 0 Å². The molecule has 0 unspecified atom stereocenters.